The molecule has 3 aromatic carbocycles. The standard InChI is InChI=1S/C24H16O5S/c1-3-19(25)28-23-15-9-5-6-10-16(15)24(29-20(26)4-2)22-17(23)11-7-12-18(22)27-21-13-8-14-30-21/h3-14H,1-2H2. The normalized spacial score (nSPS) is 10.5. The fourth-order valence-corrected chi connectivity index (χ4v) is 3.72. The zero-order chi connectivity index (χ0) is 21.1. The first-order chi connectivity index (χ1) is 14.6. The van der Waals surface area contributed by atoms with Gasteiger partial charge in [0.2, 0.25) is 0 Å². The van der Waals surface area contributed by atoms with Gasteiger partial charge in [0.1, 0.15) is 11.5 Å². The van der Waals surface area contributed by atoms with E-state index in [-0.39, 0.29) is 0 Å². The zero-order valence-electron chi connectivity index (χ0n) is 15.8. The van der Waals surface area contributed by atoms with Gasteiger partial charge in [-0.05, 0) is 23.6 Å². The Kier molecular flexibility index (Phi) is 5.32. The Bertz CT molecular complexity index is 1290. The highest BCUT2D eigenvalue weighted by Gasteiger charge is 2.22. The van der Waals surface area contributed by atoms with Crippen LogP contribution >= 0.6 is 11.3 Å². The highest BCUT2D eigenvalue weighted by Crippen LogP contribution is 2.47. The van der Waals surface area contributed by atoms with Crippen molar-refractivity contribution in [1.82, 2.24) is 0 Å². The van der Waals surface area contributed by atoms with Crippen molar-refractivity contribution in [2.45, 2.75) is 0 Å². The van der Waals surface area contributed by atoms with Gasteiger partial charge < -0.3 is 14.2 Å². The lowest BCUT2D eigenvalue weighted by molar-refractivity contribution is -0.129. The molecule has 1 heterocycles. The number of benzene rings is 3. The maximum absolute atomic E-state index is 12.1. The first-order valence-corrected chi connectivity index (χ1v) is 9.87. The van der Waals surface area contributed by atoms with Crippen molar-refractivity contribution >= 4 is 44.8 Å². The molecule has 6 heteroatoms. The summed E-state index contributed by atoms with van der Waals surface area (Å²) in [5.74, 6) is -0.106. The molecule has 5 nitrogen and oxygen atoms in total. The number of hydrogen-bond donors (Lipinski definition) is 0. The number of hydrogen-bond acceptors (Lipinski definition) is 6. The second-order valence-corrected chi connectivity index (χ2v) is 7.08. The molecule has 0 radical (unpaired) electrons. The minimum Gasteiger partial charge on any atom is -0.446 e. The minimum atomic E-state index is -0.608. The molecule has 0 bridgehead atoms. The molecule has 0 aliphatic carbocycles. The maximum Gasteiger partial charge on any atom is 0.335 e. The van der Waals surface area contributed by atoms with Gasteiger partial charge in [0.25, 0.3) is 0 Å². The van der Waals surface area contributed by atoms with Crippen molar-refractivity contribution in [2.24, 2.45) is 0 Å². The summed E-state index contributed by atoms with van der Waals surface area (Å²) >= 11 is 1.43. The van der Waals surface area contributed by atoms with Gasteiger partial charge in [-0.3, -0.25) is 0 Å². The predicted molar refractivity (Wildman–Crippen MR) is 118 cm³/mol. The third kappa shape index (κ3) is 3.56. The second kappa shape index (κ2) is 8.23. The summed E-state index contributed by atoms with van der Waals surface area (Å²) in [4.78, 5) is 24.2. The van der Waals surface area contributed by atoms with Crippen LogP contribution in [0.5, 0.6) is 22.3 Å². The lowest BCUT2D eigenvalue weighted by atomic mass is 9.99. The molecule has 0 N–H and O–H groups in total. The average molecular weight is 416 g/mol. The molecule has 4 rings (SSSR count). The van der Waals surface area contributed by atoms with Gasteiger partial charge in [0, 0.05) is 28.3 Å². The summed E-state index contributed by atoms with van der Waals surface area (Å²) in [7, 11) is 0. The fourth-order valence-electron chi connectivity index (χ4n) is 3.13. The Labute approximate surface area is 176 Å². The van der Waals surface area contributed by atoms with Crippen molar-refractivity contribution in [2.75, 3.05) is 0 Å². The number of esters is 2. The number of ether oxygens (including phenoxy) is 3. The van der Waals surface area contributed by atoms with E-state index in [2.05, 4.69) is 13.2 Å². The molecule has 0 saturated carbocycles. The third-order valence-corrected chi connectivity index (χ3v) is 5.10. The topological polar surface area (TPSA) is 61.8 Å². The summed E-state index contributed by atoms with van der Waals surface area (Å²) in [5, 5.41) is 4.83. The van der Waals surface area contributed by atoms with E-state index in [0.29, 0.717) is 43.9 Å². The number of carbonyl (C=O) groups is 2. The first kappa shape index (κ1) is 19.4. The zero-order valence-corrected chi connectivity index (χ0v) is 16.6. The molecule has 0 saturated heterocycles. The lowest BCUT2D eigenvalue weighted by Gasteiger charge is -2.17. The first-order valence-electron chi connectivity index (χ1n) is 8.99. The molecule has 0 aliphatic heterocycles. The maximum atomic E-state index is 12.1. The van der Waals surface area contributed by atoms with Crippen LogP contribution in [0.4, 0.5) is 0 Å². The van der Waals surface area contributed by atoms with Crippen LogP contribution in [0.15, 0.2) is 85.3 Å². The molecule has 30 heavy (non-hydrogen) atoms. The van der Waals surface area contributed by atoms with Gasteiger partial charge >= 0.3 is 11.9 Å². The van der Waals surface area contributed by atoms with Crippen LogP contribution in [0.3, 0.4) is 0 Å². The van der Waals surface area contributed by atoms with Gasteiger partial charge in [-0.1, -0.05) is 49.6 Å². The smallest absolute Gasteiger partial charge is 0.335 e. The molecule has 0 aliphatic rings. The number of thiophene rings is 1. The van der Waals surface area contributed by atoms with E-state index in [1.165, 1.54) is 11.3 Å². The number of rotatable bonds is 6. The van der Waals surface area contributed by atoms with Crippen molar-refractivity contribution < 1.29 is 23.8 Å². The van der Waals surface area contributed by atoms with Crippen LogP contribution in [-0.2, 0) is 9.59 Å². The minimum absolute atomic E-state index is 0.302. The van der Waals surface area contributed by atoms with E-state index in [1.807, 2.05) is 23.6 Å². The Morgan fingerprint density at radius 3 is 2.03 bits per heavy atom. The Morgan fingerprint density at radius 2 is 1.40 bits per heavy atom. The fraction of sp³-hybridized carbons (Fsp3) is 0. The Hall–Kier alpha value is -3.90. The van der Waals surface area contributed by atoms with Crippen LogP contribution in [0.1, 0.15) is 0 Å². The molecular weight excluding hydrogens is 400 g/mol. The van der Waals surface area contributed by atoms with Crippen molar-refractivity contribution in [3.63, 3.8) is 0 Å². The van der Waals surface area contributed by atoms with Crippen LogP contribution in [0.25, 0.3) is 21.5 Å². The summed E-state index contributed by atoms with van der Waals surface area (Å²) in [6.07, 6.45) is 2.19. The van der Waals surface area contributed by atoms with Crippen LogP contribution in [0.2, 0.25) is 0 Å². The monoisotopic (exact) mass is 416 g/mol. The number of carbonyl (C=O) groups excluding carboxylic acids is 2. The molecule has 0 spiro atoms. The van der Waals surface area contributed by atoms with Crippen molar-refractivity contribution in [3.8, 4) is 22.3 Å². The van der Waals surface area contributed by atoms with E-state index >= 15 is 0 Å². The second-order valence-electron chi connectivity index (χ2n) is 6.17. The Balaban J connectivity index is 2.09. The summed E-state index contributed by atoms with van der Waals surface area (Å²) < 4.78 is 17.3. The van der Waals surface area contributed by atoms with E-state index < -0.39 is 11.9 Å². The third-order valence-electron chi connectivity index (χ3n) is 4.36. The predicted octanol–water partition coefficient (Wildman–Crippen LogP) is 6.03. The van der Waals surface area contributed by atoms with Gasteiger partial charge in [-0.15, -0.1) is 11.3 Å². The van der Waals surface area contributed by atoms with Gasteiger partial charge in [-0.25, -0.2) is 9.59 Å². The van der Waals surface area contributed by atoms with Crippen LogP contribution < -0.4 is 14.2 Å². The molecule has 0 unspecified atom stereocenters. The highest BCUT2D eigenvalue weighted by molar-refractivity contribution is 7.11. The molecule has 0 atom stereocenters. The van der Waals surface area contributed by atoms with Gasteiger partial charge in [0.05, 0.1) is 5.39 Å². The molecule has 0 fully saturated rings. The van der Waals surface area contributed by atoms with Crippen LogP contribution in [-0.4, -0.2) is 11.9 Å². The van der Waals surface area contributed by atoms with E-state index in [4.69, 9.17) is 14.2 Å². The SMILES string of the molecule is C=CC(=O)Oc1c2ccccc2c(OC(=O)C=C)c2c(Oc3cccs3)cccc12. The van der Waals surface area contributed by atoms with Crippen molar-refractivity contribution in [3.05, 3.63) is 85.3 Å². The van der Waals surface area contributed by atoms with Crippen molar-refractivity contribution in [1.29, 1.82) is 0 Å². The largest absolute Gasteiger partial charge is 0.446 e. The Morgan fingerprint density at radius 1 is 0.767 bits per heavy atom. The number of fused-ring (bicyclic) bond motifs is 2. The van der Waals surface area contributed by atoms with E-state index in [0.717, 1.165) is 12.2 Å². The average Bonchev–Trinajstić information content (AvgIpc) is 3.28. The molecular formula is C24H16O5S. The molecule has 1 aromatic heterocycles. The molecule has 0 amide bonds. The van der Waals surface area contributed by atoms with Crippen LogP contribution in [0, 0.1) is 0 Å². The molecule has 148 valence electrons. The summed E-state index contributed by atoms with van der Waals surface area (Å²) in [6, 6.07) is 16.2. The summed E-state index contributed by atoms with van der Waals surface area (Å²) in [5.41, 5.74) is 0. The lowest BCUT2D eigenvalue weighted by Crippen LogP contribution is -2.07. The van der Waals surface area contributed by atoms with E-state index in [9.17, 15) is 9.59 Å². The van der Waals surface area contributed by atoms with Gasteiger partial charge in [0.15, 0.2) is 10.8 Å². The molecule has 4 aromatic rings. The van der Waals surface area contributed by atoms with E-state index in [1.54, 1.807) is 36.4 Å². The van der Waals surface area contributed by atoms with Gasteiger partial charge in [-0.2, -0.15) is 0 Å². The highest BCUT2D eigenvalue weighted by atomic mass is 32.1. The summed E-state index contributed by atoms with van der Waals surface area (Å²) in [6.45, 7) is 6.96. The quantitative estimate of drug-likeness (QED) is 0.166.